The summed E-state index contributed by atoms with van der Waals surface area (Å²) in [5.41, 5.74) is 0. The average Bonchev–Trinajstić information content (AvgIpc) is 3.62. The number of esters is 1. The third kappa shape index (κ3) is 77.6. The van der Waals surface area contributed by atoms with E-state index in [1.54, 1.807) is 0 Å². The quantitative estimate of drug-likeness (QED) is 0.0320. The van der Waals surface area contributed by atoms with E-state index in [9.17, 15) is 19.8 Å². The molecule has 0 aliphatic carbocycles. The highest BCUT2D eigenvalue weighted by Crippen LogP contribution is 2.21. The maximum Gasteiger partial charge on any atom is 0.305 e. The SMILES string of the molecule is CCCCCCCC/C=C\CCCCCCCC(=O)OCCCCCCCCCCCCCCCCCCCCCCCCCCCCCCCCCCCCCCCC(=O)NC(CO)C(O)CCCCCCCCCCCCCCCCCCCCCCCCC. The zero-order valence-corrected chi connectivity index (χ0v) is 63.1. The lowest BCUT2D eigenvalue weighted by Gasteiger charge is -2.22. The molecule has 6 nitrogen and oxygen atoms in total. The molecule has 0 saturated heterocycles. The van der Waals surface area contributed by atoms with E-state index >= 15 is 0 Å². The molecule has 0 aromatic carbocycles. The highest BCUT2D eigenvalue weighted by molar-refractivity contribution is 5.76. The molecule has 0 rings (SSSR count). The van der Waals surface area contributed by atoms with Crippen molar-refractivity contribution < 1.29 is 24.5 Å². The molecule has 2 unspecified atom stereocenters. The Morgan fingerprint density at radius 1 is 0.293 bits per heavy atom. The maximum absolute atomic E-state index is 12.6. The number of hydrogen-bond donors (Lipinski definition) is 3. The second-order valence-electron chi connectivity index (χ2n) is 29.9. The number of carbonyl (C=O) groups is 2. The van der Waals surface area contributed by atoms with E-state index in [0.717, 1.165) is 44.9 Å². The standard InChI is InChI=1S/C86H169NO5/c1-3-5-7-9-11-13-15-17-19-20-21-22-38-41-44-47-51-54-58-62-66-70-74-78-84(89)83(82-88)87-85(90)79-75-71-67-63-59-55-52-48-45-42-39-36-34-32-30-28-26-24-23-25-27-29-31-33-35-37-40-43-46-49-53-57-61-65-69-73-77-81-92-86(91)80-76-72-68-64-60-56-50-18-16-14-12-10-8-6-4-2/h18,50,83-84,88-89H,3-17,19-49,51-82H2,1-2H3,(H,87,90)/b50-18-. The molecule has 548 valence electrons. The number of nitrogens with one attached hydrogen (secondary N) is 1. The van der Waals surface area contributed by atoms with Crippen LogP contribution in [0.1, 0.15) is 502 Å². The molecule has 0 aromatic heterocycles. The largest absolute Gasteiger partial charge is 0.466 e. The third-order valence-electron chi connectivity index (χ3n) is 20.6. The van der Waals surface area contributed by atoms with Gasteiger partial charge in [-0.25, -0.2) is 0 Å². The minimum Gasteiger partial charge on any atom is -0.466 e. The van der Waals surface area contributed by atoms with Crippen molar-refractivity contribution in [1.29, 1.82) is 0 Å². The van der Waals surface area contributed by atoms with Crippen molar-refractivity contribution >= 4 is 11.9 Å². The molecule has 0 aliphatic heterocycles. The first-order valence-electron chi connectivity index (χ1n) is 42.9. The van der Waals surface area contributed by atoms with Crippen LogP contribution in [0.3, 0.4) is 0 Å². The van der Waals surface area contributed by atoms with Gasteiger partial charge in [0.05, 0.1) is 25.4 Å². The molecule has 0 fully saturated rings. The van der Waals surface area contributed by atoms with Crippen molar-refractivity contribution in [2.45, 2.75) is 514 Å². The summed E-state index contributed by atoms with van der Waals surface area (Å²) in [5, 5.41) is 23.5. The van der Waals surface area contributed by atoms with Crippen molar-refractivity contribution in [1.82, 2.24) is 5.32 Å². The van der Waals surface area contributed by atoms with Gasteiger partial charge in [-0.05, 0) is 51.4 Å². The number of rotatable bonds is 82. The second-order valence-corrected chi connectivity index (χ2v) is 29.9. The molecule has 2 atom stereocenters. The van der Waals surface area contributed by atoms with Crippen LogP contribution in [-0.2, 0) is 14.3 Å². The average molecular weight is 1300 g/mol. The van der Waals surface area contributed by atoms with Gasteiger partial charge >= 0.3 is 5.97 Å². The molecule has 0 radical (unpaired) electrons. The van der Waals surface area contributed by atoms with Gasteiger partial charge in [0.2, 0.25) is 5.91 Å². The molecular weight excluding hydrogens is 1130 g/mol. The lowest BCUT2D eigenvalue weighted by atomic mass is 10.0. The van der Waals surface area contributed by atoms with Crippen molar-refractivity contribution in [3.8, 4) is 0 Å². The highest BCUT2D eigenvalue weighted by atomic mass is 16.5. The summed E-state index contributed by atoms with van der Waals surface area (Å²) < 4.78 is 5.50. The first kappa shape index (κ1) is 90.6. The molecule has 0 spiro atoms. The maximum atomic E-state index is 12.6. The zero-order valence-electron chi connectivity index (χ0n) is 63.1. The van der Waals surface area contributed by atoms with Crippen LogP contribution < -0.4 is 5.32 Å². The Morgan fingerprint density at radius 2 is 0.511 bits per heavy atom. The summed E-state index contributed by atoms with van der Waals surface area (Å²) in [7, 11) is 0. The summed E-state index contributed by atoms with van der Waals surface area (Å²) in [6, 6.07) is -0.538. The lowest BCUT2D eigenvalue weighted by Crippen LogP contribution is -2.45. The van der Waals surface area contributed by atoms with E-state index in [-0.39, 0.29) is 18.5 Å². The van der Waals surface area contributed by atoms with Gasteiger partial charge in [0.15, 0.2) is 0 Å². The van der Waals surface area contributed by atoms with Crippen LogP contribution in [0.5, 0.6) is 0 Å². The number of aliphatic hydroxyl groups is 2. The van der Waals surface area contributed by atoms with Crippen LogP contribution in [0.25, 0.3) is 0 Å². The smallest absolute Gasteiger partial charge is 0.305 e. The van der Waals surface area contributed by atoms with Gasteiger partial charge < -0.3 is 20.3 Å². The summed E-state index contributed by atoms with van der Waals surface area (Å²) in [4.78, 5) is 24.7. The lowest BCUT2D eigenvalue weighted by molar-refractivity contribution is -0.143. The Labute approximate surface area is 578 Å². The van der Waals surface area contributed by atoms with E-state index in [4.69, 9.17) is 4.74 Å². The Hall–Kier alpha value is -1.40. The number of unbranched alkanes of at least 4 members (excludes halogenated alkanes) is 69. The minimum atomic E-state index is -0.661. The molecule has 0 aliphatic rings. The number of ether oxygens (including phenoxy) is 1. The van der Waals surface area contributed by atoms with Crippen LogP contribution in [0.2, 0.25) is 0 Å². The predicted molar refractivity (Wildman–Crippen MR) is 407 cm³/mol. The fourth-order valence-corrected chi connectivity index (χ4v) is 14.1. The number of hydrogen-bond acceptors (Lipinski definition) is 5. The Kier molecular flexibility index (Phi) is 80.8. The number of aliphatic hydroxyl groups excluding tert-OH is 2. The predicted octanol–water partition coefficient (Wildman–Crippen LogP) is 28.6. The van der Waals surface area contributed by atoms with Crippen molar-refractivity contribution in [2.75, 3.05) is 13.2 Å². The zero-order chi connectivity index (χ0) is 66.3. The van der Waals surface area contributed by atoms with Gasteiger partial charge in [-0.1, -0.05) is 450 Å². The van der Waals surface area contributed by atoms with Crippen LogP contribution in [-0.4, -0.2) is 47.4 Å². The molecule has 0 aromatic rings. The molecule has 1 amide bonds. The van der Waals surface area contributed by atoms with Crippen LogP contribution in [0.15, 0.2) is 12.2 Å². The van der Waals surface area contributed by atoms with Crippen molar-refractivity contribution in [3.63, 3.8) is 0 Å². The van der Waals surface area contributed by atoms with E-state index in [0.29, 0.717) is 25.9 Å². The van der Waals surface area contributed by atoms with Crippen LogP contribution in [0.4, 0.5) is 0 Å². The van der Waals surface area contributed by atoms with Crippen LogP contribution in [0, 0.1) is 0 Å². The molecule has 3 N–H and O–H groups in total. The molecule has 0 bridgehead atoms. The summed E-state index contributed by atoms with van der Waals surface area (Å²) in [5.74, 6) is -0.00600. The highest BCUT2D eigenvalue weighted by Gasteiger charge is 2.20. The summed E-state index contributed by atoms with van der Waals surface area (Å²) >= 11 is 0. The number of allylic oxidation sites excluding steroid dienone is 2. The molecule has 6 heteroatoms. The van der Waals surface area contributed by atoms with E-state index in [1.807, 2.05) is 0 Å². The molecule has 0 saturated carbocycles. The van der Waals surface area contributed by atoms with Gasteiger partial charge in [-0.2, -0.15) is 0 Å². The number of amides is 1. The fourth-order valence-electron chi connectivity index (χ4n) is 14.1. The fraction of sp³-hybridized carbons (Fsp3) is 0.953. The second kappa shape index (κ2) is 82.0. The van der Waals surface area contributed by atoms with E-state index < -0.39 is 12.1 Å². The van der Waals surface area contributed by atoms with E-state index in [1.165, 1.54) is 424 Å². The Balaban J connectivity index is 3.30. The van der Waals surface area contributed by atoms with Crippen LogP contribution >= 0.6 is 0 Å². The van der Waals surface area contributed by atoms with E-state index in [2.05, 4.69) is 31.3 Å². The summed E-state index contributed by atoms with van der Waals surface area (Å²) in [6.07, 6.45) is 105. The van der Waals surface area contributed by atoms with Crippen molar-refractivity contribution in [3.05, 3.63) is 12.2 Å². The molecule has 92 heavy (non-hydrogen) atoms. The Bertz CT molecular complexity index is 1400. The summed E-state index contributed by atoms with van der Waals surface area (Å²) in [6.45, 7) is 5.01. The first-order valence-corrected chi connectivity index (χ1v) is 42.9. The normalized spacial score (nSPS) is 12.4. The molecule has 0 heterocycles. The number of carbonyl (C=O) groups excluding carboxylic acids is 2. The van der Waals surface area contributed by atoms with Crippen molar-refractivity contribution in [2.24, 2.45) is 0 Å². The topological polar surface area (TPSA) is 95.9 Å². The minimum absolute atomic E-state index is 0.0168. The third-order valence-corrected chi connectivity index (χ3v) is 20.6. The van der Waals surface area contributed by atoms with Gasteiger partial charge in [-0.3, -0.25) is 9.59 Å². The Morgan fingerprint density at radius 3 is 0.772 bits per heavy atom. The van der Waals surface area contributed by atoms with Gasteiger partial charge in [0, 0.05) is 12.8 Å². The van der Waals surface area contributed by atoms with Gasteiger partial charge in [0.1, 0.15) is 0 Å². The molecular formula is C86H169NO5. The monoisotopic (exact) mass is 1300 g/mol. The van der Waals surface area contributed by atoms with Gasteiger partial charge in [-0.15, -0.1) is 0 Å². The van der Waals surface area contributed by atoms with Gasteiger partial charge in [0.25, 0.3) is 0 Å². The first-order chi connectivity index (χ1) is 45.5.